The lowest BCUT2D eigenvalue weighted by atomic mass is 9.81. The van der Waals surface area contributed by atoms with E-state index in [1.54, 1.807) is 12.4 Å². The van der Waals surface area contributed by atoms with Crippen molar-refractivity contribution in [3.05, 3.63) is 30.1 Å². The van der Waals surface area contributed by atoms with Crippen LogP contribution in [0.15, 0.2) is 24.5 Å². The van der Waals surface area contributed by atoms with Gasteiger partial charge in [0.1, 0.15) is 0 Å². The molecule has 4 heterocycles. The lowest BCUT2D eigenvalue weighted by Gasteiger charge is -2.17. The zero-order chi connectivity index (χ0) is 13.0. The first-order chi connectivity index (χ1) is 9.25. The second-order valence-corrected chi connectivity index (χ2v) is 5.46. The van der Waals surface area contributed by atoms with E-state index in [2.05, 4.69) is 4.98 Å². The van der Waals surface area contributed by atoms with Crippen LogP contribution in [0.25, 0.3) is 0 Å². The zero-order valence-electron chi connectivity index (χ0n) is 10.4. The lowest BCUT2D eigenvalue weighted by molar-refractivity contribution is -0.143. The number of carbonyl (C=O) groups is 2. The Labute approximate surface area is 110 Å². The highest BCUT2D eigenvalue weighted by Gasteiger charge is 2.62. The summed E-state index contributed by atoms with van der Waals surface area (Å²) in [4.78, 5) is 30.1. The standard InChI is InChI=1S/C14H14N2O3/c17-13-11-9-1-2-10(19-9)12(11)14(18)16(13)7-8-3-5-15-6-4-8/h3-6,9-12H,1-2,7H2. The summed E-state index contributed by atoms with van der Waals surface area (Å²) in [6, 6.07) is 3.67. The SMILES string of the molecule is O=C1C2C3CCC(O3)C2C(=O)N1Cc1ccncc1. The summed E-state index contributed by atoms with van der Waals surface area (Å²) in [6.45, 7) is 0.354. The fourth-order valence-electron chi connectivity index (χ4n) is 3.60. The molecule has 3 fully saturated rings. The van der Waals surface area contributed by atoms with Crippen LogP contribution >= 0.6 is 0 Å². The number of carbonyl (C=O) groups excluding carboxylic acids is 2. The van der Waals surface area contributed by atoms with E-state index in [-0.39, 0.29) is 35.9 Å². The molecule has 0 aliphatic carbocycles. The molecule has 0 N–H and O–H groups in total. The van der Waals surface area contributed by atoms with E-state index in [9.17, 15) is 9.59 Å². The van der Waals surface area contributed by atoms with E-state index in [4.69, 9.17) is 4.74 Å². The number of nitrogens with zero attached hydrogens (tertiary/aromatic N) is 2. The molecular formula is C14H14N2O3. The molecule has 4 atom stereocenters. The molecule has 1 aromatic heterocycles. The maximum Gasteiger partial charge on any atom is 0.236 e. The van der Waals surface area contributed by atoms with Gasteiger partial charge in [0, 0.05) is 12.4 Å². The average molecular weight is 258 g/mol. The van der Waals surface area contributed by atoms with Gasteiger partial charge in [-0.1, -0.05) is 0 Å². The summed E-state index contributed by atoms with van der Waals surface area (Å²) in [5.41, 5.74) is 0.935. The van der Waals surface area contributed by atoms with Crippen molar-refractivity contribution >= 4 is 11.8 Å². The molecule has 0 spiro atoms. The molecule has 3 aliphatic rings. The van der Waals surface area contributed by atoms with Crippen LogP contribution in [-0.2, 0) is 20.9 Å². The molecule has 1 aromatic rings. The molecule has 0 aromatic carbocycles. The first kappa shape index (κ1) is 11.1. The zero-order valence-corrected chi connectivity index (χ0v) is 10.4. The Morgan fingerprint density at radius 1 is 1.11 bits per heavy atom. The van der Waals surface area contributed by atoms with Crippen molar-refractivity contribution in [2.45, 2.75) is 31.6 Å². The maximum atomic E-state index is 12.4. The highest BCUT2D eigenvalue weighted by molar-refractivity contribution is 6.06. The number of imide groups is 1. The Morgan fingerprint density at radius 2 is 1.68 bits per heavy atom. The van der Waals surface area contributed by atoms with Crippen LogP contribution in [0.3, 0.4) is 0 Å². The number of likely N-dealkylation sites (tertiary alicyclic amines) is 1. The summed E-state index contributed by atoms with van der Waals surface area (Å²) < 4.78 is 5.70. The largest absolute Gasteiger partial charge is 0.373 e. The van der Waals surface area contributed by atoms with Gasteiger partial charge in [0.2, 0.25) is 11.8 Å². The normalized spacial score (nSPS) is 36.1. The van der Waals surface area contributed by atoms with Crippen molar-refractivity contribution in [2.24, 2.45) is 11.8 Å². The van der Waals surface area contributed by atoms with Crippen molar-refractivity contribution in [3.63, 3.8) is 0 Å². The van der Waals surface area contributed by atoms with Crippen LogP contribution in [0.4, 0.5) is 0 Å². The molecule has 3 saturated heterocycles. The smallest absolute Gasteiger partial charge is 0.236 e. The van der Waals surface area contributed by atoms with E-state index in [1.807, 2.05) is 12.1 Å². The second-order valence-electron chi connectivity index (χ2n) is 5.46. The Hall–Kier alpha value is -1.75. The summed E-state index contributed by atoms with van der Waals surface area (Å²) in [5.74, 6) is -0.570. The minimum Gasteiger partial charge on any atom is -0.373 e. The van der Waals surface area contributed by atoms with E-state index in [0.717, 1.165) is 18.4 Å². The van der Waals surface area contributed by atoms with Crippen molar-refractivity contribution in [3.8, 4) is 0 Å². The number of pyridine rings is 1. The third-order valence-corrected chi connectivity index (χ3v) is 4.47. The van der Waals surface area contributed by atoms with Gasteiger partial charge in [0.25, 0.3) is 0 Å². The number of rotatable bonds is 2. The second kappa shape index (κ2) is 3.87. The van der Waals surface area contributed by atoms with Gasteiger partial charge in [-0.2, -0.15) is 0 Å². The molecular weight excluding hydrogens is 244 g/mol. The van der Waals surface area contributed by atoms with Crippen molar-refractivity contribution in [2.75, 3.05) is 0 Å². The number of amides is 2. The predicted octanol–water partition coefficient (Wildman–Crippen LogP) is 0.744. The summed E-state index contributed by atoms with van der Waals surface area (Å²) >= 11 is 0. The molecule has 2 amide bonds. The topological polar surface area (TPSA) is 59.5 Å². The van der Waals surface area contributed by atoms with Gasteiger partial charge in [-0.3, -0.25) is 19.5 Å². The molecule has 2 bridgehead atoms. The van der Waals surface area contributed by atoms with Gasteiger partial charge in [-0.05, 0) is 30.5 Å². The number of ether oxygens (including phenoxy) is 1. The Morgan fingerprint density at radius 3 is 2.26 bits per heavy atom. The molecule has 3 aliphatic heterocycles. The van der Waals surface area contributed by atoms with Crippen molar-refractivity contribution in [1.82, 2.24) is 9.88 Å². The lowest BCUT2D eigenvalue weighted by Crippen LogP contribution is -2.33. The van der Waals surface area contributed by atoms with Gasteiger partial charge < -0.3 is 4.74 Å². The highest BCUT2D eigenvalue weighted by Crippen LogP contribution is 2.48. The molecule has 19 heavy (non-hydrogen) atoms. The molecule has 4 unspecified atom stereocenters. The quantitative estimate of drug-likeness (QED) is 0.734. The fraction of sp³-hybridized carbons (Fsp3) is 0.500. The van der Waals surface area contributed by atoms with Gasteiger partial charge >= 0.3 is 0 Å². The molecule has 98 valence electrons. The first-order valence-electron chi connectivity index (χ1n) is 6.65. The molecule has 5 heteroatoms. The van der Waals surface area contributed by atoms with E-state index in [1.165, 1.54) is 4.90 Å². The molecule has 5 nitrogen and oxygen atoms in total. The Balaban J connectivity index is 1.61. The first-order valence-corrected chi connectivity index (χ1v) is 6.65. The number of fused-ring (bicyclic) bond motifs is 5. The van der Waals surface area contributed by atoms with Gasteiger partial charge in [0.05, 0.1) is 30.6 Å². The molecule has 4 rings (SSSR count). The van der Waals surface area contributed by atoms with Gasteiger partial charge in [-0.25, -0.2) is 0 Å². The molecule has 0 saturated carbocycles. The highest BCUT2D eigenvalue weighted by atomic mass is 16.5. The minimum atomic E-state index is -0.229. The monoisotopic (exact) mass is 258 g/mol. The van der Waals surface area contributed by atoms with Crippen LogP contribution in [0.1, 0.15) is 18.4 Å². The van der Waals surface area contributed by atoms with Crippen molar-refractivity contribution < 1.29 is 14.3 Å². The van der Waals surface area contributed by atoms with E-state index < -0.39 is 0 Å². The number of hydrogen-bond donors (Lipinski definition) is 0. The van der Waals surface area contributed by atoms with Crippen molar-refractivity contribution in [1.29, 1.82) is 0 Å². The summed E-state index contributed by atoms with van der Waals surface area (Å²) in [6.07, 6.45) is 5.10. The van der Waals surface area contributed by atoms with Crippen LogP contribution < -0.4 is 0 Å². The molecule has 0 radical (unpaired) electrons. The minimum absolute atomic E-state index is 0.0334. The van der Waals surface area contributed by atoms with E-state index in [0.29, 0.717) is 6.54 Å². The van der Waals surface area contributed by atoms with Crippen LogP contribution in [-0.4, -0.2) is 33.9 Å². The van der Waals surface area contributed by atoms with Gasteiger partial charge in [-0.15, -0.1) is 0 Å². The fourth-order valence-corrected chi connectivity index (χ4v) is 3.60. The number of hydrogen-bond acceptors (Lipinski definition) is 4. The predicted molar refractivity (Wildman–Crippen MR) is 64.7 cm³/mol. The van der Waals surface area contributed by atoms with Gasteiger partial charge in [0.15, 0.2) is 0 Å². The maximum absolute atomic E-state index is 12.4. The summed E-state index contributed by atoms with van der Waals surface area (Å²) in [5, 5.41) is 0. The number of aromatic nitrogens is 1. The Bertz CT molecular complexity index is 517. The van der Waals surface area contributed by atoms with Crippen LogP contribution in [0.5, 0.6) is 0 Å². The summed E-state index contributed by atoms with van der Waals surface area (Å²) in [7, 11) is 0. The van der Waals surface area contributed by atoms with Crippen LogP contribution in [0.2, 0.25) is 0 Å². The van der Waals surface area contributed by atoms with Crippen LogP contribution in [0, 0.1) is 11.8 Å². The Kier molecular flexibility index (Phi) is 2.26. The average Bonchev–Trinajstić information content (AvgIpc) is 3.10. The third-order valence-electron chi connectivity index (χ3n) is 4.47. The van der Waals surface area contributed by atoms with E-state index >= 15 is 0 Å². The third kappa shape index (κ3) is 1.48.